The monoisotopic (exact) mass is 1090 g/mol. The molecule has 0 unspecified atom stereocenters. The van der Waals surface area contributed by atoms with Crippen molar-refractivity contribution in [2.24, 2.45) is 0 Å². The van der Waals surface area contributed by atoms with Crippen LogP contribution in [0.3, 0.4) is 0 Å². The largest absolute Gasteiger partial charge is 0.508 e. The first kappa shape index (κ1) is 58.8. The maximum atomic E-state index is 13.9. The number of phenols is 2. The van der Waals surface area contributed by atoms with Crippen LogP contribution < -0.4 is 30.8 Å². The fourth-order valence-corrected chi connectivity index (χ4v) is 9.25. The van der Waals surface area contributed by atoms with Crippen molar-refractivity contribution in [3.8, 4) is 33.4 Å². The van der Waals surface area contributed by atoms with Crippen molar-refractivity contribution in [1.82, 2.24) is 15.2 Å². The molecule has 0 spiro atoms. The number of carbonyl (C=O) groups is 2. The summed E-state index contributed by atoms with van der Waals surface area (Å²) in [6.45, 7) is 11.2. The van der Waals surface area contributed by atoms with Crippen molar-refractivity contribution in [2.75, 3.05) is 136 Å². The number of hydrazine groups is 1. The summed E-state index contributed by atoms with van der Waals surface area (Å²) in [6, 6.07) is 30.2. The minimum absolute atomic E-state index is 0.0536. The Balaban J connectivity index is 0.685. The molecule has 1 aromatic heterocycles. The van der Waals surface area contributed by atoms with Gasteiger partial charge < -0.3 is 63.9 Å². The fraction of sp³-hybridized carbons (Fsp3) is 0.370. The highest BCUT2D eigenvalue weighted by Crippen LogP contribution is 2.41. The third-order valence-corrected chi connectivity index (χ3v) is 13.6. The Morgan fingerprint density at radius 2 is 1.13 bits per heavy atom. The number of aromatic hydroxyl groups is 2. The molecule has 0 fully saturated rings. The number of rotatable bonds is 37. The van der Waals surface area contributed by atoms with Gasteiger partial charge in [0.05, 0.1) is 97.4 Å². The lowest BCUT2D eigenvalue weighted by Crippen LogP contribution is -2.43. The summed E-state index contributed by atoms with van der Waals surface area (Å²) in [7, 11) is -3.98. The molecule has 6 rings (SSSR count). The third kappa shape index (κ3) is 20.3. The molecule has 1 heterocycles. The van der Waals surface area contributed by atoms with E-state index in [2.05, 4.69) is 22.6 Å². The zero-order valence-corrected chi connectivity index (χ0v) is 44.1. The normalized spacial score (nSPS) is 11.6. The van der Waals surface area contributed by atoms with Gasteiger partial charge >= 0.3 is 6.03 Å². The molecule has 410 valence electrons. The number of sulfonamides is 1. The van der Waals surface area contributed by atoms with E-state index in [0.29, 0.717) is 140 Å². The van der Waals surface area contributed by atoms with Crippen LogP contribution in [0.15, 0.2) is 120 Å². The van der Waals surface area contributed by atoms with Gasteiger partial charge in [-0.05, 0) is 115 Å². The molecule has 2 amide bonds. The summed E-state index contributed by atoms with van der Waals surface area (Å²) in [5.41, 5.74) is 10.4. The van der Waals surface area contributed by atoms with Gasteiger partial charge in [0, 0.05) is 56.6 Å². The minimum atomic E-state index is -3.98. The van der Waals surface area contributed by atoms with Crippen molar-refractivity contribution in [2.45, 2.75) is 11.8 Å². The minimum Gasteiger partial charge on any atom is -0.508 e. The highest BCUT2D eigenvalue weighted by atomic mass is 32.2. The Labute approximate surface area is 446 Å². The van der Waals surface area contributed by atoms with Crippen LogP contribution in [0.25, 0.3) is 20.5 Å². The van der Waals surface area contributed by atoms with Crippen molar-refractivity contribution >= 4 is 54.6 Å². The second-order valence-corrected chi connectivity index (χ2v) is 19.3. The van der Waals surface area contributed by atoms with Gasteiger partial charge in [-0.15, -0.1) is 16.2 Å². The van der Waals surface area contributed by atoms with Crippen LogP contribution >= 0.6 is 11.3 Å². The predicted octanol–water partition coefficient (Wildman–Crippen LogP) is 6.70. The Morgan fingerprint density at radius 1 is 0.592 bits per heavy atom. The molecular formula is C54H67N5O15S2. The molecule has 0 aliphatic rings. The van der Waals surface area contributed by atoms with E-state index in [1.807, 2.05) is 4.83 Å². The van der Waals surface area contributed by atoms with Gasteiger partial charge in [-0.3, -0.25) is 15.1 Å². The molecule has 6 aromatic rings. The number of amides is 2. The standard InChI is InChI=1S/C54H67N5O15S2/c1-2-59(21-23-73-46-15-8-40(9-16-46)52(62)51-49-19-14-45(61)39-50(49)75-53(51)41-6-12-44(60)13-7-41)20-22-66-24-25-67-26-27-68-28-29-69-30-31-70-32-33-71-34-35-72-36-37-74-47-5-3-4-43(38-47)56-54(63)57-58-76(64,65)48-17-10-42(55)11-18-48/h3-19,38-39,58,60-61H,2,20-37,55H2,1H3,(H2,56,57,63). The molecule has 5 aromatic carbocycles. The first-order valence-electron chi connectivity index (χ1n) is 24.8. The van der Waals surface area contributed by atoms with Crippen LogP contribution in [0.1, 0.15) is 22.8 Å². The van der Waals surface area contributed by atoms with Crippen LogP contribution in [0.5, 0.6) is 23.0 Å². The average Bonchev–Trinajstić information content (AvgIpc) is 3.81. The number of nitrogens with zero attached hydrogens (tertiary/aromatic N) is 1. The van der Waals surface area contributed by atoms with Crippen LogP contribution in [-0.4, -0.2) is 161 Å². The Kier molecular flexibility index (Phi) is 25.0. The highest BCUT2D eigenvalue weighted by Gasteiger charge is 2.22. The van der Waals surface area contributed by atoms with E-state index >= 15 is 0 Å². The number of anilines is 2. The number of fused-ring (bicyclic) bond motifs is 1. The quantitative estimate of drug-likeness (QED) is 0.0103. The second kappa shape index (κ2) is 32.2. The number of benzene rings is 5. The maximum absolute atomic E-state index is 13.9. The van der Waals surface area contributed by atoms with Gasteiger partial charge in [0.1, 0.15) is 36.2 Å². The van der Waals surface area contributed by atoms with Gasteiger partial charge in [0.15, 0.2) is 5.78 Å². The Morgan fingerprint density at radius 3 is 1.72 bits per heavy atom. The second-order valence-electron chi connectivity index (χ2n) is 16.6. The van der Waals surface area contributed by atoms with E-state index in [1.54, 1.807) is 91.0 Å². The van der Waals surface area contributed by atoms with Crippen molar-refractivity contribution in [1.29, 1.82) is 0 Å². The van der Waals surface area contributed by atoms with E-state index in [9.17, 15) is 28.2 Å². The molecule has 7 N–H and O–H groups in total. The topological polar surface area (TPSA) is 257 Å². The maximum Gasteiger partial charge on any atom is 0.334 e. The van der Waals surface area contributed by atoms with E-state index in [4.69, 9.17) is 48.4 Å². The molecule has 0 bridgehead atoms. The molecule has 0 aliphatic heterocycles. The number of ether oxygens (including phenoxy) is 9. The lowest BCUT2D eigenvalue weighted by molar-refractivity contribution is -0.0217. The number of ketones is 1. The van der Waals surface area contributed by atoms with E-state index in [-0.39, 0.29) is 28.8 Å². The first-order valence-corrected chi connectivity index (χ1v) is 27.0. The first-order chi connectivity index (χ1) is 37.0. The summed E-state index contributed by atoms with van der Waals surface area (Å²) < 4.78 is 76.3. The van der Waals surface area contributed by atoms with Crippen LogP contribution in [-0.2, 0) is 43.2 Å². The number of hydrogen-bond donors (Lipinski definition) is 6. The number of nitrogens with one attached hydrogen (secondary N) is 3. The Bertz CT molecular complexity index is 2780. The third-order valence-electron chi connectivity index (χ3n) is 11.1. The summed E-state index contributed by atoms with van der Waals surface area (Å²) in [5, 5.41) is 23.2. The number of hydrogen-bond acceptors (Lipinski definition) is 18. The van der Waals surface area contributed by atoms with E-state index in [1.165, 1.54) is 35.6 Å². The number of thiophene rings is 1. The highest BCUT2D eigenvalue weighted by molar-refractivity contribution is 7.89. The molecule has 22 heteroatoms. The average molecular weight is 1090 g/mol. The number of nitrogen functional groups attached to an aromatic ring is 1. The van der Waals surface area contributed by atoms with Crippen molar-refractivity contribution in [3.63, 3.8) is 0 Å². The zero-order valence-electron chi connectivity index (χ0n) is 42.4. The van der Waals surface area contributed by atoms with Gasteiger partial charge in [0.25, 0.3) is 10.0 Å². The lowest BCUT2D eigenvalue weighted by atomic mass is 9.97. The molecule has 76 heavy (non-hydrogen) atoms. The van der Waals surface area contributed by atoms with Gasteiger partial charge in [0.2, 0.25) is 0 Å². The molecule has 0 aliphatic carbocycles. The van der Waals surface area contributed by atoms with Gasteiger partial charge in [-0.25, -0.2) is 13.2 Å². The number of nitrogens with two attached hydrogens (primary N) is 1. The zero-order chi connectivity index (χ0) is 53.8. The summed E-state index contributed by atoms with van der Waals surface area (Å²) >= 11 is 1.42. The Hall–Kier alpha value is -6.41. The molecule has 20 nitrogen and oxygen atoms in total. The molecule has 0 atom stereocenters. The number of likely N-dealkylation sites (N-methyl/N-ethyl adjacent to an activating group) is 1. The van der Waals surface area contributed by atoms with Crippen LogP contribution in [0.4, 0.5) is 16.2 Å². The molecule has 0 saturated heterocycles. The van der Waals surface area contributed by atoms with Gasteiger partial charge in [-0.1, -0.05) is 13.0 Å². The van der Waals surface area contributed by atoms with E-state index in [0.717, 1.165) is 33.6 Å². The smallest absolute Gasteiger partial charge is 0.334 e. The number of carbonyl (C=O) groups excluding carboxylic acids is 2. The van der Waals surface area contributed by atoms with Crippen LogP contribution in [0, 0.1) is 0 Å². The SMILES string of the molecule is CCN(CCOCCOCCOCCOCCOCCOCCOCCOc1cccc(NC(=O)NNS(=O)(=O)c2ccc(N)cc2)c1)CCOc1ccc(C(=O)c2c(-c3ccc(O)cc3)sc3cc(O)ccc23)cc1. The van der Waals surface area contributed by atoms with E-state index < -0.39 is 16.1 Å². The summed E-state index contributed by atoms with van der Waals surface area (Å²) in [6.07, 6.45) is 0. The number of urea groups is 1. The van der Waals surface area contributed by atoms with Crippen LogP contribution in [0.2, 0.25) is 0 Å². The molecular weight excluding hydrogens is 1020 g/mol. The van der Waals surface area contributed by atoms with Gasteiger partial charge in [-0.2, -0.15) is 0 Å². The van der Waals surface area contributed by atoms with Crippen molar-refractivity contribution in [3.05, 3.63) is 126 Å². The summed E-state index contributed by atoms with van der Waals surface area (Å²) in [5.74, 6) is 1.29. The number of phenolic OH excluding ortho intramolecular Hbond substituents is 2. The lowest BCUT2D eigenvalue weighted by Gasteiger charge is -2.20. The summed E-state index contributed by atoms with van der Waals surface area (Å²) in [4.78, 5) is 31.1. The molecule has 0 radical (unpaired) electrons. The molecule has 0 saturated carbocycles. The fourth-order valence-electron chi connectivity index (χ4n) is 7.17. The predicted molar refractivity (Wildman–Crippen MR) is 289 cm³/mol. The van der Waals surface area contributed by atoms with Crippen molar-refractivity contribution < 1.29 is 70.9 Å².